The highest BCUT2D eigenvalue weighted by Gasteiger charge is 2.33. The number of methoxy groups -OCH3 is 2. The van der Waals surface area contributed by atoms with Crippen LogP contribution in [-0.2, 0) is 0 Å². The van der Waals surface area contributed by atoms with E-state index in [4.69, 9.17) is 9.47 Å². The van der Waals surface area contributed by atoms with E-state index in [0.29, 0.717) is 30.2 Å². The minimum absolute atomic E-state index is 0.0484. The Balaban J connectivity index is 2.20. The fourth-order valence-electron chi connectivity index (χ4n) is 3.11. The Morgan fingerprint density at radius 2 is 2.09 bits per heavy atom. The number of likely N-dealkylation sites (N-methyl/N-ethyl adjacent to an activating group) is 1. The molecule has 1 aliphatic rings. The van der Waals surface area contributed by atoms with Gasteiger partial charge in [-0.25, -0.2) is 0 Å². The normalized spacial score (nSPS) is 21.4. The van der Waals surface area contributed by atoms with Gasteiger partial charge in [-0.15, -0.1) is 0 Å². The second-order valence-electron chi connectivity index (χ2n) is 6.08. The average molecular weight is 322 g/mol. The molecule has 6 nitrogen and oxygen atoms in total. The van der Waals surface area contributed by atoms with Gasteiger partial charge >= 0.3 is 0 Å². The average Bonchev–Trinajstić information content (AvgIpc) is 2.59. The minimum atomic E-state index is -0.0484. The molecule has 0 bridgehead atoms. The Hall–Kier alpha value is -1.79. The van der Waals surface area contributed by atoms with Crippen LogP contribution >= 0.6 is 0 Å². The molecule has 6 heteroatoms. The van der Waals surface area contributed by atoms with Crippen molar-refractivity contribution in [2.45, 2.75) is 12.5 Å². The standard InChI is InChI=1S/C17H26N2O4/c1-18(2)15-10-19(8-7-12(15)11-20)17(21)14-6-5-13(22-3)9-16(14)23-4/h5-6,9,12,15,20H,7-8,10-11H2,1-4H3/t12-,15-/m1/s1. The molecule has 0 radical (unpaired) electrons. The number of likely N-dealkylation sites (tertiary alicyclic amines) is 1. The van der Waals surface area contributed by atoms with Gasteiger partial charge in [0.15, 0.2) is 0 Å². The molecule has 1 fully saturated rings. The van der Waals surface area contributed by atoms with Crippen LogP contribution in [0.15, 0.2) is 18.2 Å². The van der Waals surface area contributed by atoms with E-state index in [0.717, 1.165) is 6.42 Å². The summed E-state index contributed by atoms with van der Waals surface area (Å²) in [5.41, 5.74) is 0.535. The Morgan fingerprint density at radius 3 is 2.65 bits per heavy atom. The van der Waals surface area contributed by atoms with Crippen LogP contribution in [0.4, 0.5) is 0 Å². The number of hydrogen-bond donors (Lipinski definition) is 1. The van der Waals surface area contributed by atoms with E-state index < -0.39 is 0 Å². The predicted octanol–water partition coefficient (Wildman–Crippen LogP) is 1.09. The Bertz CT molecular complexity index is 547. The summed E-state index contributed by atoms with van der Waals surface area (Å²) in [4.78, 5) is 16.8. The Labute approximate surface area is 137 Å². The summed E-state index contributed by atoms with van der Waals surface area (Å²) < 4.78 is 10.5. The molecule has 2 rings (SSSR count). The number of piperidine rings is 1. The van der Waals surface area contributed by atoms with Crippen LogP contribution < -0.4 is 9.47 Å². The largest absolute Gasteiger partial charge is 0.497 e. The number of nitrogens with zero attached hydrogens (tertiary/aromatic N) is 2. The maximum absolute atomic E-state index is 12.9. The first kappa shape index (κ1) is 17.6. The fraction of sp³-hybridized carbons (Fsp3) is 0.588. The van der Waals surface area contributed by atoms with Crippen molar-refractivity contribution < 1.29 is 19.4 Å². The van der Waals surface area contributed by atoms with Crippen molar-refractivity contribution in [1.29, 1.82) is 0 Å². The number of carbonyl (C=O) groups is 1. The third-order valence-corrected chi connectivity index (χ3v) is 4.55. The molecule has 0 aromatic heterocycles. The lowest BCUT2D eigenvalue weighted by Gasteiger charge is -2.41. The summed E-state index contributed by atoms with van der Waals surface area (Å²) in [6.45, 7) is 1.40. The van der Waals surface area contributed by atoms with Gasteiger partial charge in [-0.05, 0) is 32.6 Å². The number of benzene rings is 1. The molecule has 1 aliphatic heterocycles. The third kappa shape index (κ3) is 3.76. The minimum Gasteiger partial charge on any atom is -0.497 e. The van der Waals surface area contributed by atoms with Crippen LogP contribution in [0.1, 0.15) is 16.8 Å². The van der Waals surface area contributed by atoms with Crippen molar-refractivity contribution >= 4 is 5.91 Å². The highest BCUT2D eigenvalue weighted by atomic mass is 16.5. The Morgan fingerprint density at radius 1 is 1.35 bits per heavy atom. The van der Waals surface area contributed by atoms with Crippen molar-refractivity contribution in [2.24, 2.45) is 5.92 Å². The molecule has 0 unspecified atom stereocenters. The van der Waals surface area contributed by atoms with E-state index >= 15 is 0 Å². The van der Waals surface area contributed by atoms with Gasteiger partial charge in [-0.2, -0.15) is 0 Å². The van der Waals surface area contributed by atoms with Gasteiger partial charge in [0.05, 0.1) is 19.8 Å². The number of aliphatic hydroxyl groups excluding tert-OH is 1. The maximum atomic E-state index is 12.9. The van der Waals surface area contributed by atoms with Crippen LogP contribution in [-0.4, -0.2) is 74.9 Å². The van der Waals surface area contributed by atoms with E-state index in [1.54, 1.807) is 32.4 Å². The summed E-state index contributed by atoms with van der Waals surface area (Å²) in [5, 5.41) is 9.53. The van der Waals surface area contributed by atoms with Gasteiger partial charge in [0.1, 0.15) is 11.5 Å². The number of carbonyl (C=O) groups excluding carboxylic acids is 1. The smallest absolute Gasteiger partial charge is 0.257 e. The van der Waals surface area contributed by atoms with E-state index in [1.807, 2.05) is 19.0 Å². The third-order valence-electron chi connectivity index (χ3n) is 4.55. The summed E-state index contributed by atoms with van der Waals surface area (Å²) in [6.07, 6.45) is 0.795. The van der Waals surface area contributed by atoms with Crippen molar-refractivity contribution in [1.82, 2.24) is 9.80 Å². The second kappa shape index (κ2) is 7.66. The fourth-order valence-corrected chi connectivity index (χ4v) is 3.11. The van der Waals surface area contributed by atoms with E-state index in [1.165, 1.54) is 0 Å². The van der Waals surface area contributed by atoms with Crippen molar-refractivity contribution in [3.8, 4) is 11.5 Å². The van der Waals surface area contributed by atoms with Gasteiger partial charge in [0, 0.05) is 37.7 Å². The molecule has 1 aromatic rings. The lowest BCUT2D eigenvalue weighted by molar-refractivity contribution is 0.0377. The van der Waals surface area contributed by atoms with Crippen molar-refractivity contribution in [2.75, 3.05) is 48.0 Å². The molecule has 0 aliphatic carbocycles. The van der Waals surface area contributed by atoms with E-state index in [9.17, 15) is 9.90 Å². The van der Waals surface area contributed by atoms with Gasteiger partial charge in [0.25, 0.3) is 5.91 Å². The highest BCUT2D eigenvalue weighted by Crippen LogP contribution is 2.28. The topological polar surface area (TPSA) is 62.2 Å². The zero-order valence-corrected chi connectivity index (χ0v) is 14.3. The molecule has 1 aromatic carbocycles. The predicted molar refractivity (Wildman–Crippen MR) is 88.1 cm³/mol. The summed E-state index contributed by atoms with van der Waals surface area (Å²) in [5.74, 6) is 1.32. The molecular formula is C17H26N2O4. The molecule has 0 saturated carbocycles. The highest BCUT2D eigenvalue weighted by molar-refractivity contribution is 5.97. The zero-order valence-electron chi connectivity index (χ0n) is 14.3. The summed E-state index contributed by atoms with van der Waals surface area (Å²) in [6, 6.07) is 5.38. The maximum Gasteiger partial charge on any atom is 0.257 e. The number of ether oxygens (including phenoxy) is 2. The first-order valence-corrected chi connectivity index (χ1v) is 7.80. The van der Waals surface area contributed by atoms with Crippen LogP contribution in [0, 0.1) is 5.92 Å². The monoisotopic (exact) mass is 322 g/mol. The number of rotatable bonds is 5. The van der Waals surface area contributed by atoms with Gasteiger partial charge < -0.3 is 24.4 Å². The number of hydrogen-bond acceptors (Lipinski definition) is 5. The molecule has 1 saturated heterocycles. The van der Waals surface area contributed by atoms with E-state index in [-0.39, 0.29) is 24.5 Å². The second-order valence-corrected chi connectivity index (χ2v) is 6.08. The molecule has 1 N–H and O–H groups in total. The molecule has 128 valence electrons. The van der Waals surface area contributed by atoms with Gasteiger partial charge in [-0.3, -0.25) is 4.79 Å². The van der Waals surface area contributed by atoms with Crippen LogP contribution in [0.2, 0.25) is 0 Å². The molecule has 23 heavy (non-hydrogen) atoms. The SMILES string of the molecule is COc1ccc(C(=O)N2CC[C@H](CO)[C@H](N(C)C)C2)c(OC)c1. The summed E-state index contributed by atoms with van der Waals surface area (Å²) >= 11 is 0. The first-order chi connectivity index (χ1) is 11.0. The van der Waals surface area contributed by atoms with E-state index in [2.05, 4.69) is 4.90 Å². The lowest BCUT2D eigenvalue weighted by Crippen LogP contribution is -2.53. The quantitative estimate of drug-likeness (QED) is 0.879. The zero-order chi connectivity index (χ0) is 17.0. The molecule has 0 spiro atoms. The van der Waals surface area contributed by atoms with Gasteiger partial charge in [-0.1, -0.05) is 0 Å². The number of aliphatic hydroxyl groups is 1. The molecular weight excluding hydrogens is 296 g/mol. The summed E-state index contributed by atoms with van der Waals surface area (Å²) in [7, 11) is 7.09. The molecule has 2 atom stereocenters. The van der Waals surface area contributed by atoms with Crippen LogP contribution in [0.3, 0.4) is 0 Å². The van der Waals surface area contributed by atoms with Crippen molar-refractivity contribution in [3.63, 3.8) is 0 Å². The Kier molecular flexibility index (Phi) is 5.85. The first-order valence-electron chi connectivity index (χ1n) is 7.80. The molecule has 1 heterocycles. The van der Waals surface area contributed by atoms with Gasteiger partial charge in [0.2, 0.25) is 0 Å². The van der Waals surface area contributed by atoms with Crippen molar-refractivity contribution in [3.05, 3.63) is 23.8 Å². The van der Waals surface area contributed by atoms with Crippen LogP contribution in [0.25, 0.3) is 0 Å². The molecule has 1 amide bonds. The number of amides is 1. The lowest BCUT2D eigenvalue weighted by atomic mass is 9.91. The van der Waals surface area contributed by atoms with Crippen LogP contribution in [0.5, 0.6) is 11.5 Å².